The summed E-state index contributed by atoms with van der Waals surface area (Å²) in [6.07, 6.45) is 2.81. The largest absolute Gasteiger partial charge is 0.493 e. The van der Waals surface area contributed by atoms with E-state index in [2.05, 4.69) is 16.9 Å². The number of pyridine rings is 1. The molecule has 1 aliphatic heterocycles. The summed E-state index contributed by atoms with van der Waals surface area (Å²) >= 11 is 0. The van der Waals surface area contributed by atoms with Crippen molar-refractivity contribution in [3.63, 3.8) is 0 Å². The highest BCUT2D eigenvalue weighted by molar-refractivity contribution is 5.79. The van der Waals surface area contributed by atoms with Gasteiger partial charge in [-0.3, -0.25) is 9.78 Å². The number of benzene rings is 2. The van der Waals surface area contributed by atoms with E-state index in [1.807, 2.05) is 60.7 Å². The summed E-state index contributed by atoms with van der Waals surface area (Å²) in [5.74, 6) is 1.45. The minimum Gasteiger partial charge on any atom is -0.493 e. The predicted octanol–water partition coefficient (Wildman–Crippen LogP) is 4.32. The Kier molecular flexibility index (Phi) is 6.09. The highest BCUT2D eigenvalue weighted by Gasteiger charge is 2.15. The van der Waals surface area contributed by atoms with Crippen LogP contribution in [0.5, 0.6) is 11.5 Å². The van der Waals surface area contributed by atoms with Crippen LogP contribution in [0, 0.1) is 0 Å². The summed E-state index contributed by atoms with van der Waals surface area (Å²) in [6, 6.07) is 19.6. The number of amides is 1. The second kappa shape index (κ2) is 9.27. The summed E-state index contributed by atoms with van der Waals surface area (Å²) in [5.41, 5.74) is 4.91. The number of hydrogen-bond donors (Lipinski definition) is 1. The van der Waals surface area contributed by atoms with Gasteiger partial charge >= 0.3 is 0 Å². The standard InChI is InChI=1S/C25H24N2O3/c1-18-11-12-29-24-13-20(7-10-23(18)24)14-25(28)27-15-21-8-9-22(16-26-21)30-17-19-5-3-2-4-6-19/h2-10,13,16H,1,11-12,14-15,17H2,(H,27,28). The molecule has 0 spiro atoms. The molecule has 5 heteroatoms. The summed E-state index contributed by atoms with van der Waals surface area (Å²) < 4.78 is 11.4. The third-order valence-corrected chi connectivity index (χ3v) is 4.97. The van der Waals surface area contributed by atoms with Gasteiger partial charge in [-0.2, -0.15) is 0 Å². The SMILES string of the molecule is C=C1CCOc2cc(CC(=O)NCc3ccc(OCc4ccccc4)cn3)ccc21. The van der Waals surface area contributed by atoms with Gasteiger partial charge in [0.1, 0.15) is 18.1 Å². The first-order chi connectivity index (χ1) is 14.7. The number of fused-ring (bicyclic) bond motifs is 1. The van der Waals surface area contributed by atoms with Gasteiger partial charge in [0, 0.05) is 12.0 Å². The molecule has 1 aliphatic rings. The van der Waals surface area contributed by atoms with Gasteiger partial charge in [-0.1, -0.05) is 49.0 Å². The van der Waals surface area contributed by atoms with Gasteiger partial charge in [-0.05, 0) is 34.9 Å². The molecule has 30 heavy (non-hydrogen) atoms. The number of carbonyl (C=O) groups excluding carboxylic acids is 1. The molecule has 0 aliphatic carbocycles. The van der Waals surface area contributed by atoms with E-state index in [0.717, 1.165) is 40.1 Å². The van der Waals surface area contributed by atoms with Gasteiger partial charge in [-0.15, -0.1) is 0 Å². The van der Waals surface area contributed by atoms with E-state index in [-0.39, 0.29) is 5.91 Å². The monoisotopic (exact) mass is 400 g/mol. The van der Waals surface area contributed by atoms with Gasteiger partial charge in [0.15, 0.2) is 0 Å². The molecule has 4 rings (SSSR count). The fourth-order valence-corrected chi connectivity index (χ4v) is 3.29. The number of carbonyl (C=O) groups is 1. The number of aromatic nitrogens is 1. The Morgan fingerprint density at radius 2 is 1.97 bits per heavy atom. The second-order valence-corrected chi connectivity index (χ2v) is 7.25. The molecule has 2 aromatic carbocycles. The number of nitrogens with one attached hydrogen (secondary N) is 1. The fraction of sp³-hybridized carbons (Fsp3) is 0.200. The number of rotatable bonds is 7. The molecule has 0 atom stereocenters. The van der Waals surface area contributed by atoms with Crippen LogP contribution in [-0.4, -0.2) is 17.5 Å². The summed E-state index contributed by atoms with van der Waals surface area (Å²) in [6.45, 7) is 5.57. The minimum atomic E-state index is -0.0595. The van der Waals surface area contributed by atoms with Crippen molar-refractivity contribution in [3.05, 3.63) is 95.8 Å². The minimum absolute atomic E-state index is 0.0595. The van der Waals surface area contributed by atoms with Crippen molar-refractivity contribution in [1.82, 2.24) is 10.3 Å². The smallest absolute Gasteiger partial charge is 0.224 e. The van der Waals surface area contributed by atoms with Crippen molar-refractivity contribution in [2.24, 2.45) is 0 Å². The van der Waals surface area contributed by atoms with E-state index in [9.17, 15) is 4.79 Å². The highest BCUT2D eigenvalue weighted by atomic mass is 16.5. The van der Waals surface area contributed by atoms with Crippen LogP contribution in [0.4, 0.5) is 0 Å². The second-order valence-electron chi connectivity index (χ2n) is 7.25. The molecule has 152 valence electrons. The molecule has 3 aromatic rings. The maximum atomic E-state index is 12.3. The van der Waals surface area contributed by atoms with Gasteiger partial charge in [0.05, 0.1) is 31.5 Å². The lowest BCUT2D eigenvalue weighted by atomic mass is 9.99. The normalized spacial score (nSPS) is 12.6. The topological polar surface area (TPSA) is 60.5 Å². The van der Waals surface area contributed by atoms with E-state index >= 15 is 0 Å². The van der Waals surface area contributed by atoms with Crippen molar-refractivity contribution in [2.75, 3.05) is 6.61 Å². The van der Waals surface area contributed by atoms with Crippen molar-refractivity contribution in [3.8, 4) is 11.5 Å². The first kappa shape index (κ1) is 19.7. The highest BCUT2D eigenvalue weighted by Crippen LogP contribution is 2.32. The molecule has 0 bridgehead atoms. The van der Waals surface area contributed by atoms with E-state index in [0.29, 0.717) is 31.9 Å². The first-order valence-corrected chi connectivity index (χ1v) is 9.99. The first-order valence-electron chi connectivity index (χ1n) is 9.99. The molecule has 2 heterocycles. The summed E-state index contributed by atoms with van der Waals surface area (Å²) in [4.78, 5) is 16.7. The Hall–Kier alpha value is -3.60. The Morgan fingerprint density at radius 3 is 2.77 bits per heavy atom. The van der Waals surface area contributed by atoms with Crippen LogP contribution in [0.25, 0.3) is 5.57 Å². The zero-order chi connectivity index (χ0) is 20.8. The van der Waals surface area contributed by atoms with Crippen LogP contribution in [0.1, 0.15) is 28.8 Å². The van der Waals surface area contributed by atoms with Gasteiger partial charge < -0.3 is 14.8 Å². The van der Waals surface area contributed by atoms with Crippen LogP contribution in [0.3, 0.4) is 0 Å². The van der Waals surface area contributed by atoms with Gasteiger partial charge in [-0.25, -0.2) is 0 Å². The van der Waals surface area contributed by atoms with E-state index in [4.69, 9.17) is 9.47 Å². The van der Waals surface area contributed by atoms with E-state index in [1.165, 1.54) is 0 Å². The lowest BCUT2D eigenvalue weighted by Crippen LogP contribution is -2.25. The Morgan fingerprint density at radius 1 is 1.10 bits per heavy atom. The molecule has 1 aromatic heterocycles. The zero-order valence-electron chi connectivity index (χ0n) is 16.8. The summed E-state index contributed by atoms with van der Waals surface area (Å²) in [5, 5.41) is 2.91. The third kappa shape index (κ3) is 5.06. The van der Waals surface area contributed by atoms with Crippen molar-refractivity contribution >= 4 is 11.5 Å². The van der Waals surface area contributed by atoms with Crippen LogP contribution < -0.4 is 14.8 Å². The Bertz CT molecular complexity index is 1030. The molecular formula is C25H24N2O3. The van der Waals surface area contributed by atoms with E-state index < -0.39 is 0 Å². The van der Waals surface area contributed by atoms with Crippen LogP contribution in [0.15, 0.2) is 73.4 Å². The molecule has 1 N–H and O–H groups in total. The zero-order valence-corrected chi connectivity index (χ0v) is 16.8. The van der Waals surface area contributed by atoms with Crippen molar-refractivity contribution < 1.29 is 14.3 Å². The molecular weight excluding hydrogens is 376 g/mol. The molecule has 0 saturated carbocycles. The van der Waals surface area contributed by atoms with Crippen molar-refractivity contribution in [2.45, 2.75) is 26.0 Å². The lowest BCUT2D eigenvalue weighted by molar-refractivity contribution is -0.120. The average Bonchev–Trinajstić information content (AvgIpc) is 2.78. The molecule has 0 fully saturated rings. The Labute approximate surface area is 176 Å². The third-order valence-electron chi connectivity index (χ3n) is 4.97. The molecule has 0 radical (unpaired) electrons. The maximum absolute atomic E-state index is 12.3. The quantitative estimate of drug-likeness (QED) is 0.642. The van der Waals surface area contributed by atoms with Crippen LogP contribution >= 0.6 is 0 Å². The van der Waals surface area contributed by atoms with Crippen molar-refractivity contribution in [1.29, 1.82) is 0 Å². The number of hydrogen-bond acceptors (Lipinski definition) is 4. The molecule has 0 unspecified atom stereocenters. The lowest BCUT2D eigenvalue weighted by Gasteiger charge is -2.20. The fourth-order valence-electron chi connectivity index (χ4n) is 3.29. The summed E-state index contributed by atoms with van der Waals surface area (Å²) in [7, 11) is 0. The Balaban J connectivity index is 1.26. The molecule has 5 nitrogen and oxygen atoms in total. The molecule has 0 saturated heterocycles. The maximum Gasteiger partial charge on any atom is 0.224 e. The van der Waals surface area contributed by atoms with Crippen LogP contribution in [0.2, 0.25) is 0 Å². The van der Waals surface area contributed by atoms with Gasteiger partial charge in [0.2, 0.25) is 5.91 Å². The molecule has 1 amide bonds. The number of ether oxygens (including phenoxy) is 2. The average molecular weight is 400 g/mol. The van der Waals surface area contributed by atoms with Crippen LogP contribution in [-0.2, 0) is 24.4 Å². The van der Waals surface area contributed by atoms with Gasteiger partial charge in [0.25, 0.3) is 0 Å². The van der Waals surface area contributed by atoms with E-state index in [1.54, 1.807) is 6.20 Å². The predicted molar refractivity (Wildman–Crippen MR) is 116 cm³/mol. The number of nitrogens with zero attached hydrogens (tertiary/aromatic N) is 1.